The molecule has 0 bridgehead atoms. The SMILES string of the molecule is O=C(COc1cncc(C(=O)O)c1)NC1CCCCC1. The number of carboxylic acid groups (broad SMARTS) is 1. The van der Waals surface area contributed by atoms with Gasteiger partial charge in [0.2, 0.25) is 0 Å². The molecule has 20 heavy (non-hydrogen) atoms. The number of nitrogens with zero attached hydrogens (tertiary/aromatic N) is 1. The third-order valence-electron chi connectivity index (χ3n) is 3.30. The first-order chi connectivity index (χ1) is 9.65. The molecule has 1 aromatic rings. The van der Waals surface area contributed by atoms with Crippen LogP contribution in [0.15, 0.2) is 18.5 Å². The number of pyridine rings is 1. The Morgan fingerprint density at radius 3 is 2.75 bits per heavy atom. The maximum Gasteiger partial charge on any atom is 0.337 e. The number of ether oxygens (including phenoxy) is 1. The second-order valence-corrected chi connectivity index (χ2v) is 4.91. The Bertz CT molecular complexity index is 484. The van der Waals surface area contributed by atoms with E-state index in [1.807, 2.05) is 0 Å². The lowest BCUT2D eigenvalue weighted by atomic mass is 9.95. The van der Waals surface area contributed by atoms with Gasteiger partial charge in [0, 0.05) is 12.2 Å². The topological polar surface area (TPSA) is 88.5 Å². The van der Waals surface area contributed by atoms with Gasteiger partial charge in [-0.15, -0.1) is 0 Å². The fraction of sp³-hybridized carbons (Fsp3) is 0.500. The fourth-order valence-electron chi connectivity index (χ4n) is 2.28. The van der Waals surface area contributed by atoms with Gasteiger partial charge in [-0.1, -0.05) is 19.3 Å². The molecule has 2 N–H and O–H groups in total. The maximum atomic E-state index is 11.7. The van der Waals surface area contributed by atoms with Gasteiger partial charge in [0.1, 0.15) is 5.75 Å². The Morgan fingerprint density at radius 2 is 2.05 bits per heavy atom. The molecule has 6 heteroatoms. The number of nitrogens with one attached hydrogen (secondary N) is 1. The highest BCUT2D eigenvalue weighted by atomic mass is 16.5. The van der Waals surface area contributed by atoms with Gasteiger partial charge in [0.25, 0.3) is 5.91 Å². The van der Waals surface area contributed by atoms with Crippen molar-refractivity contribution in [3.8, 4) is 5.75 Å². The monoisotopic (exact) mass is 278 g/mol. The summed E-state index contributed by atoms with van der Waals surface area (Å²) in [6, 6.07) is 1.59. The Balaban J connectivity index is 1.80. The Morgan fingerprint density at radius 1 is 1.30 bits per heavy atom. The van der Waals surface area contributed by atoms with E-state index in [2.05, 4.69) is 10.3 Å². The molecule has 1 amide bonds. The molecule has 1 aliphatic rings. The molecule has 2 rings (SSSR count). The van der Waals surface area contributed by atoms with Crippen molar-refractivity contribution in [2.45, 2.75) is 38.1 Å². The van der Waals surface area contributed by atoms with E-state index >= 15 is 0 Å². The van der Waals surface area contributed by atoms with E-state index in [1.165, 1.54) is 24.9 Å². The molecule has 0 atom stereocenters. The molecular formula is C14H18N2O4. The van der Waals surface area contributed by atoms with Gasteiger partial charge >= 0.3 is 5.97 Å². The van der Waals surface area contributed by atoms with Crippen molar-refractivity contribution >= 4 is 11.9 Å². The molecule has 0 aliphatic heterocycles. The quantitative estimate of drug-likeness (QED) is 0.854. The van der Waals surface area contributed by atoms with Crippen LogP contribution in [0.2, 0.25) is 0 Å². The lowest BCUT2D eigenvalue weighted by Gasteiger charge is -2.22. The van der Waals surface area contributed by atoms with Crippen molar-refractivity contribution in [3.05, 3.63) is 24.0 Å². The third-order valence-corrected chi connectivity index (χ3v) is 3.30. The second kappa shape index (κ2) is 6.88. The summed E-state index contributed by atoms with van der Waals surface area (Å²) in [5, 5.41) is 11.8. The first-order valence-corrected chi connectivity index (χ1v) is 6.75. The summed E-state index contributed by atoms with van der Waals surface area (Å²) >= 11 is 0. The largest absolute Gasteiger partial charge is 0.482 e. The molecule has 108 valence electrons. The fourth-order valence-corrected chi connectivity index (χ4v) is 2.28. The van der Waals surface area contributed by atoms with Crippen molar-refractivity contribution in [2.75, 3.05) is 6.61 Å². The number of carbonyl (C=O) groups excluding carboxylic acids is 1. The molecule has 0 saturated heterocycles. The van der Waals surface area contributed by atoms with Crippen molar-refractivity contribution < 1.29 is 19.4 Å². The van der Waals surface area contributed by atoms with Crippen LogP contribution >= 0.6 is 0 Å². The van der Waals surface area contributed by atoms with Gasteiger partial charge in [-0.25, -0.2) is 4.79 Å². The van der Waals surface area contributed by atoms with Crippen molar-refractivity contribution in [3.63, 3.8) is 0 Å². The molecule has 0 radical (unpaired) electrons. The number of aromatic carboxylic acids is 1. The first-order valence-electron chi connectivity index (χ1n) is 6.75. The van der Waals surface area contributed by atoms with E-state index < -0.39 is 5.97 Å². The van der Waals surface area contributed by atoms with Crippen molar-refractivity contribution in [1.82, 2.24) is 10.3 Å². The minimum Gasteiger partial charge on any atom is -0.482 e. The summed E-state index contributed by atoms with van der Waals surface area (Å²) in [7, 11) is 0. The molecule has 1 saturated carbocycles. The van der Waals surface area contributed by atoms with E-state index in [9.17, 15) is 9.59 Å². The van der Waals surface area contributed by atoms with Gasteiger partial charge < -0.3 is 15.2 Å². The van der Waals surface area contributed by atoms with Crippen LogP contribution in [0.4, 0.5) is 0 Å². The van der Waals surface area contributed by atoms with Crippen molar-refractivity contribution in [1.29, 1.82) is 0 Å². The third kappa shape index (κ3) is 4.22. The summed E-state index contributed by atoms with van der Waals surface area (Å²) < 4.78 is 5.26. The summed E-state index contributed by atoms with van der Waals surface area (Å²) in [6.45, 7) is -0.124. The van der Waals surface area contributed by atoms with Crippen LogP contribution in [0.25, 0.3) is 0 Å². The zero-order valence-electron chi connectivity index (χ0n) is 11.2. The molecule has 0 spiro atoms. The molecule has 1 fully saturated rings. The van der Waals surface area contributed by atoms with E-state index in [4.69, 9.17) is 9.84 Å². The summed E-state index contributed by atoms with van der Waals surface area (Å²) in [6.07, 6.45) is 8.19. The van der Waals surface area contributed by atoms with Gasteiger partial charge in [0.15, 0.2) is 6.61 Å². The first kappa shape index (κ1) is 14.3. The number of aromatic nitrogens is 1. The summed E-state index contributed by atoms with van der Waals surface area (Å²) in [4.78, 5) is 26.3. The molecule has 1 heterocycles. The second-order valence-electron chi connectivity index (χ2n) is 4.91. The zero-order chi connectivity index (χ0) is 14.4. The maximum absolute atomic E-state index is 11.7. The molecule has 1 aliphatic carbocycles. The van der Waals surface area contributed by atoms with Crippen molar-refractivity contribution in [2.24, 2.45) is 0 Å². The summed E-state index contributed by atoms with van der Waals surface area (Å²) in [5.74, 6) is -0.976. The van der Waals surface area contributed by atoms with E-state index in [-0.39, 0.29) is 29.9 Å². The molecular weight excluding hydrogens is 260 g/mol. The number of carboxylic acids is 1. The van der Waals surface area contributed by atoms with E-state index in [1.54, 1.807) is 0 Å². The van der Waals surface area contributed by atoms with E-state index in [0.29, 0.717) is 0 Å². The Labute approximate surface area is 117 Å². The Kier molecular flexibility index (Phi) is 4.92. The van der Waals surface area contributed by atoms with Gasteiger partial charge in [0.05, 0.1) is 11.8 Å². The van der Waals surface area contributed by atoms with E-state index in [0.717, 1.165) is 25.7 Å². The number of rotatable bonds is 5. The predicted molar refractivity (Wildman–Crippen MR) is 71.7 cm³/mol. The number of hydrogen-bond donors (Lipinski definition) is 2. The predicted octanol–water partition coefficient (Wildman–Crippen LogP) is 1.61. The molecule has 0 aromatic carbocycles. The lowest BCUT2D eigenvalue weighted by molar-refractivity contribution is -0.124. The average molecular weight is 278 g/mol. The summed E-state index contributed by atoms with van der Waals surface area (Å²) in [5.41, 5.74) is 0.0372. The highest BCUT2D eigenvalue weighted by Gasteiger charge is 2.16. The van der Waals surface area contributed by atoms with Crippen LogP contribution < -0.4 is 10.1 Å². The van der Waals surface area contributed by atoms with Crippen LogP contribution in [0.3, 0.4) is 0 Å². The smallest absolute Gasteiger partial charge is 0.337 e. The minimum absolute atomic E-state index is 0.0372. The normalized spacial score (nSPS) is 15.6. The highest BCUT2D eigenvalue weighted by molar-refractivity contribution is 5.87. The number of amides is 1. The number of hydrogen-bond acceptors (Lipinski definition) is 4. The highest BCUT2D eigenvalue weighted by Crippen LogP contribution is 2.17. The average Bonchev–Trinajstić information content (AvgIpc) is 2.46. The lowest BCUT2D eigenvalue weighted by Crippen LogP contribution is -2.38. The van der Waals surface area contributed by atoms with Crippen LogP contribution in [0, 0.1) is 0 Å². The van der Waals surface area contributed by atoms with Crippen LogP contribution in [-0.4, -0.2) is 34.6 Å². The standard InChI is InChI=1S/C14H18N2O4/c17-13(16-11-4-2-1-3-5-11)9-20-12-6-10(14(18)19)7-15-8-12/h6-8,11H,1-5,9H2,(H,16,17)(H,18,19). The molecule has 0 unspecified atom stereocenters. The van der Waals surface area contributed by atoms with Gasteiger partial charge in [-0.2, -0.15) is 0 Å². The number of carbonyl (C=O) groups is 2. The van der Waals surface area contributed by atoms with Gasteiger partial charge in [-0.05, 0) is 18.9 Å². The zero-order valence-corrected chi connectivity index (χ0v) is 11.2. The minimum atomic E-state index is -1.07. The van der Waals surface area contributed by atoms with Gasteiger partial charge in [-0.3, -0.25) is 9.78 Å². The van der Waals surface area contributed by atoms with Crippen LogP contribution in [0.5, 0.6) is 5.75 Å². The van der Waals surface area contributed by atoms with Crippen LogP contribution in [-0.2, 0) is 4.79 Å². The molecule has 6 nitrogen and oxygen atoms in total. The molecule has 1 aromatic heterocycles. The Hall–Kier alpha value is -2.11. The van der Waals surface area contributed by atoms with Crippen LogP contribution in [0.1, 0.15) is 42.5 Å².